The molecule has 0 saturated heterocycles. The maximum atomic E-state index is 2.28. The fraction of sp³-hybridized carbons (Fsp3) is 0.250. The minimum absolute atomic E-state index is 1.17. The highest BCUT2D eigenvalue weighted by atomic mass is 32.2. The van der Waals surface area contributed by atoms with Crippen LogP contribution in [-0.2, 0) is 0 Å². The fourth-order valence-electron chi connectivity index (χ4n) is 1.17. The lowest BCUT2D eigenvalue weighted by Crippen LogP contribution is -1.69. The van der Waals surface area contributed by atoms with E-state index in [4.69, 9.17) is 0 Å². The minimum atomic E-state index is 1.17. The first-order valence-electron chi connectivity index (χ1n) is 3.10. The standard InChI is InChI=1S/C8H8S/c1-6-2-3-7-4-5-9-8(6)7/h2-4H,5H2,1H3. The summed E-state index contributed by atoms with van der Waals surface area (Å²) >= 11 is 1.95. The van der Waals surface area contributed by atoms with E-state index < -0.39 is 0 Å². The molecule has 0 aromatic carbocycles. The minimum Gasteiger partial charge on any atom is -0.121 e. The lowest BCUT2D eigenvalue weighted by Gasteiger charge is -1.93. The summed E-state index contributed by atoms with van der Waals surface area (Å²) in [7, 11) is 0. The highest BCUT2D eigenvalue weighted by molar-refractivity contribution is 8.03. The molecule has 0 amide bonds. The monoisotopic (exact) mass is 136 g/mol. The van der Waals surface area contributed by atoms with Crippen LogP contribution in [0.2, 0.25) is 0 Å². The van der Waals surface area contributed by atoms with E-state index in [0.29, 0.717) is 0 Å². The summed E-state index contributed by atoms with van der Waals surface area (Å²) in [6.07, 6.45) is 6.67. The molecule has 0 saturated carbocycles. The lowest BCUT2D eigenvalue weighted by molar-refractivity contribution is 1.55. The molecule has 0 atom stereocenters. The maximum absolute atomic E-state index is 2.28. The van der Waals surface area contributed by atoms with Gasteiger partial charge in [0.2, 0.25) is 0 Å². The molecule has 0 aromatic heterocycles. The number of hydrogen-bond acceptors (Lipinski definition) is 1. The van der Waals surface area contributed by atoms with Crippen LogP contribution in [0.4, 0.5) is 0 Å². The van der Waals surface area contributed by atoms with Gasteiger partial charge in [-0.25, -0.2) is 0 Å². The van der Waals surface area contributed by atoms with Crippen molar-refractivity contribution in [2.75, 3.05) is 5.75 Å². The van der Waals surface area contributed by atoms with Crippen molar-refractivity contribution in [3.8, 4) is 0 Å². The predicted octanol–water partition coefficient (Wildman–Crippen LogP) is 2.50. The highest BCUT2D eigenvalue weighted by Gasteiger charge is 2.15. The molecule has 1 aliphatic heterocycles. The Morgan fingerprint density at radius 2 is 2.33 bits per heavy atom. The molecule has 0 unspecified atom stereocenters. The Labute approximate surface area is 59.3 Å². The Hall–Kier alpha value is -0.430. The van der Waals surface area contributed by atoms with Crippen molar-refractivity contribution in [1.82, 2.24) is 0 Å². The van der Waals surface area contributed by atoms with Crippen LogP contribution in [0.1, 0.15) is 6.92 Å². The number of thioether (sulfide) groups is 1. The Kier molecular flexibility index (Phi) is 1.06. The Morgan fingerprint density at radius 1 is 1.44 bits per heavy atom. The van der Waals surface area contributed by atoms with E-state index in [1.54, 1.807) is 0 Å². The molecule has 2 aliphatic rings. The van der Waals surface area contributed by atoms with Gasteiger partial charge in [0.1, 0.15) is 0 Å². The largest absolute Gasteiger partial charge is 0.121 e. The number of allylic oxidation sites excluding steroid dienone is 4. The van der Waals surface area contributed by atoms with Crippen LogP contribution in [0.5, 0.6) is 0 Å². The van der Waals surface area contributed by atoms with Gasteiger partial charge in [-0.05, 0) is 18.1 Å². The van der Waals surface area contributed by atoms with E-state index in [9.17, 15) is 0 Å². The average molecular weight is 136 g/mol. The third kappa shape index (κ3) is 0.681. The molecular weight excluding hydrogens is 128 g/mol. The third-order valence-electron chi connectivity index (χ3n) is 1.66. The number of fused-ring (bicyclic) bond motifs is 1. The molecule has 0 nitrogen and oxygen atoms in total. The van der Waals surface area contributed by atoms with Gasteiger partial charge >= 0.3 is 0 Å². The summed E-state index contributed by atoms with van der Waals surface area (Å²) in [5.74, 6) is 1.17. The Balaban J connectivity index is 2.52. The number of hydrogen-bond donors (Lipinski definition) is 0. The molecule has 1 heterocycles. The van der Waals surface area contributed by atoms with Crippen molar-refractivity contribution in [1.29, 1.82) is 0 Å². The van der Waals surface area contributed by atoms with Gasteiger partial charge in [0.05, 0.1) is 0 Å². The van der Waals surface area contributed by atoms with E-state index in [0.717, 1.165) is 0 Å². The smallest absolute Gasteiger partial charge is 0.0174 e. The van der Waals surface area contributed by atoms with Gasteiger partial charge < -0.3 is 0 Å². The van der Waals surface area contributed by atoms with Crippen molar-refractivity contribution in [2.45, 2.75) is 6.92 Å². The topological polar surface area (TPSA) is 0 Å². The normalized spacial score (nSPS) is 23.0. The zero-order valence-electron chi connectivity index (χ0n) is 5.35. The third-order valence-corrected chi connectivity index (χ3v) is 2.84. The summed E-state index contributed by atoms with van der Waals surface area (Å²) in [6, 6.07) is 0. The van der Waals surface area contributed by atoms with Crippen LogP contribution in [-0.4, -0.2) is 5.75 Å². The molecule has 1 heteroatoms. The molecule has 1 aliphatic carbocycles. The fourth-order valence-corrected chi connectivity index (χ4v) is 2.21. The second-order valence-corrected chi connectivity index (χ2v) is 3.35. The van der Waals surface area contributed by atoms with Gasteiger partial charge in [0, 0.05) is 10.7 Å². The second-order valence-electron chi connectivity index (χ2n) is 2.32. The van der Waals surface area contributed by atoms with Gasteiger partial charge in [-0.3, -0.25) is 0 Å². The van der Waals surface area contributed by atoms with Crippen LogP contribution in [0, 0.1) is 0 Å². The zero-order valence-corrected chi connectivity index (χ0v) is 6.16. The second kappa shape index (κ2) is 1.77. The average Bonchev–Trinajstić information content (AvgIpc) is 2.35. The van der Waals surface area contributed by atoms with Crippen LogP contribution in [0.3, 0.4) is 0 Å². The Morgan fingerprint density at radius 3 is 3.11 bits per heavy atom. The first-order chi connectivity index (χ1) is 4.38. The zero-order chi connectivity index (χ0) is 6.27. The van der Waals surface area contributed by atoms with Gasteiger partial charge in [0.25, 0.3) is 0 Å². The first-order valence-corrected chi connectivity index (χ1v) is 4.09. The molecule has 0 spiro atoms. The molecule has 2 rings (SSSR count). The van der Waals surface area contributed by atoms with Crippen molar-refractivity contribution >= 4 is 11.8 Å². The van der Waals surface area contributed by atoms with E-state index >= 15 is 0 Å². The van der Waals surface area contributed by atoms with Gasteiger partial charge in [0.15, 0.2) is 0 Å². The summed E-state index contributed by atoms with van der Waals surface area (Å²) < 4.78 is 0. The van der Waals surface area contributed by atoms with Crippen LogP contribution < -0.4 is 0 Å². The molecule has 0 aromatic rings. The van der Waals surface area contributed by atoms with E-state index in [1.165, 1.54) is 21.8 Å². The first kappa shape index (κ1) is 5.36. The van der Waals surface area contributed by atoms with Gasteiger partial charge in [-0.2, -0.15) is 0 Å². The maximum Gasteiger partial charge on any atom is 0.0174 e. The van der Waals surface area contributed by atoms with Crippen molar-refractivity contribution in [3.63, 3.8) is 0 Å². The molecule has 0 N–H and O–H groups in total. The van der Waals surface area contributed by atoms with Crippen LogP contribution in [0.15, 0.2) is 34.3 Å². The lowest BCUT2D eigenvalue weighted by atomic mass is 10.3. The molecular formula is C8H8S. The van der Waals surface area contributed by atoms with E-state index in [1.807, 2.05) is 11.8 Å². The molecule has 9 heavy (non-hydrogen) atoms. The highest BCUT2D eigenvalue weighted by Crippen LogP contribution is 2.38. The molecule has 46 valence electrons. The van der Waals surface area contributed by atoms with Gasteiger partial charge in [-0.15, -0.1) is 11.8 Å². The van der Waals surface area contributed by atoms with Crippen molar-refractivity contribution < 1.29 is 0 Å². The summed E-state index contributed by atoms with van der Waals surface area (Å²) in [5.41, 5.74) is 2.88. The van der Waals surface area contributed by atoms with Crippen molar-refractivity contribution in [2.24, 2.45) is 0 Å². The summed E-state index contributed by atoms with van der Waals surface area (Å²) in [5, 5.41) is 0. The quantitative estimate of drug-likeness (QED) is 0.493. The van der Waals surface area contributed by atoms with Gasteiger partial charge in [-0.1, -0.05) is 18.2 Å². The van der Waals surface area contributed by atoms with Crippen LogP contribution in [0.25, 0.3) is 0 Å². The van der Waals surface area contributed by atoms with E-state index in [-0.39, 0.29) is 0 Å². The summed E-state index contributed by atoms with van der Waals surface area (Å²) in [4.78, 5) is 1.50. The molecule has 0 bridgehead atoms. The molecule has 0 radical (unpaired) electrons. The predicted molar refractivity (Wildman–Crippen MR) is 42.4 cm³/mol. The van der Waals surface area contributed by atoms with Crippen molar-refractivity contribution in [3.05, 3.63) is 34.3 Å². The SMILES string of the molecule is CC1=C2SCC=C2C=C1. The molecule has 0 fully saturated rings. The Bertz CT molecular complexity index is 228. The number of rotatable bonds is 0. The summed E-state index contributed by atoms with van der Waals surface area (Å²) in [6.45, 7) is 2.17. The van der Waals surface area contributed by atoms with E-state index in [2.05, 4.69) is 25.2 Å². The van der Waals surface area contributed by atoms with Crippen LogP contribution >= 0.6 is 11.8 Å².